The van der Waals surface area contributed by atoms with Gasteiger partial charge >= 0.3 is 0 Å². The molecule has 1 aromatic heterocycles. The van der Waals surface area contributed by atoms with Crippen LogP contribution >= 0.6 is 24.0 Å². The summed E-state index contributed by atoms with van der Waals surface area (Å²) in [6.45, 7) is 0.354. The fourth-order valence-electron chi connectivity index (χ4n) is 2.08. The molecular formula is C16H13NO3S2. The summed E-state index contributed by atoms with van der Waals surface area (Å²) in [5, 5.41) is 0. The summed E-state index contributed by atoms with van der Waals surface area (Å²) in [7, 11) is 1.61. The molecule has 6 heteroatoms. The van der Waals surface area contributed by atoms with Crippen molar-refractivity contribution in [1.82, 2.24) is 4.90 Å². The van der Waals surface area contributed by atoms with E-state index in [0.717, 1.165) is 11.3 Å². The van der Waals surface area contributed by atoms with Gasteiger partial charge < -0.3 is 9.15 Å². The fraction of sp³-hybridized carbons (Fsp3) is 0.125. The first-order valence-corrected chi connectivity index (χ1v) is 7.81. The zero-order valence-electron chi connectivity index (χ0n) is 11.8. The lowest BCUT2D eigenvalue weighted by atomic mass is 10.2. The van der Waals surface area contributed by atoms with E-state index in [1.807, 2.05) is 36.4 Å². The van der Waals surface area contributed by atoms with E-state index in [0.29, 0.717) is 21.5 Å². The molecule has 2 aromatic rings. The second-order valence-corrected chi connectivity index (χ2v) is 6.30. The second-order valence-electron chi connectivity index (χ2n) is 4.62. The quantitative estimate of drug-likeness (QED) is 0.631. The molecule has 112 valence electrons. The first kappa shape index (κ1) is 14.9. The van der Waals surface area contributed by atoms with E-state index >= 15 is 0 Å². The number of thiocarbonyl (C=S) groups is 1. The molecule has 2 heterocycles. The lowest BCUT2D eigenvalue weighted by Crippen LogP contribution is -2.27. The topological polar surface area (TPSA) is 42.7 Å². The van der Waals surface area contributed by atoms with Crippen LogP contribution in [0.3, 0.4) is 0 Å². The summed E-state index contributed by atoms with van der Waals surface area (Å²) in [4.78, 5) is 14.6. The van der Waals surface area contributed by atoms with Crippen molar-refractivity contribution in [2.24, 2.45) is 0 Å². The van der Waals surface area contributed by atoms with Gasteiger partial charge in [0.15, 0.2) is 0 Å². The Hall–Kier alpha value is -2.05. The lowest BCUT2D eigenvalue weighted by molar-refractivity contribution is -0.122. The molecule has 0 radical (unpaired) electrons. The number of thioether (sulfide) groups is 1. The Morgan fingerprint density at radius 1 is 1.36 bits per heavy atom. The summed E-state index contributed by atoms with van der Waals surface area (Å²) in [5.41, 5.74) is 0.901. The molecule has 1 aliphatic heterocycles. The molecule has 1 amide bonds. The molecule has 3 rings (SSSR count). The van der Waals surface area contributed by atoms with E-state index in [4.69, 9.17) is 21.4 Å². The average molecular weight is 331 g/mol. The number of furan rings is 1. The Bertz CT molecular complexity index is 738. The van der Waals surface area contributed by atoms with Gasteiger partial charge in [0.2, 0.25) is 0 Å². The SMILES string of the molecule is COc1cccc(/C=C2\SC(=S)N(Cc3ccco3)C2=O)c1. The molecular weight excluding hydrogens is 318 g/mol. The molecule has 1 saturated heterocycles. The molecule has 0 spiro atoms. The molecule has 0 atom stereocenters. The van der Waals surface area contributed by atoms with E-state index < -0.39 is 0 Å². The summed E-state index contributed by atoms with van der Waals surface area (Å²) >= 11 is 6.59. The van der Waals surface area contributed by atoms with Crippen molar-refractivity contribution in [1.29, 1.82) is 0 Å². The predicted octanol–water partition coefficient (Wildman–Crippen LogP) is 3.69. The number of hydrogen-bond donors (Lipinski definition) is 0. The minimum atomic E-state index is -0.103. The van der Waals surface area contributed by atoms with Crippen LogP contribution in [0, 0.1) is 0 Å². The molecule has 22 heavy (non-hydrogen) atoms. The van der Waals surface area contributed by atoms with Gasteiger partial charge in [0.05, 0.1) is 24.8 Å². The van der Waals surface area contributed by atoms with Crippen LogP contribution in [0.4, 0.5) is 0 Å². The zero-order valence-corrected chi connectivity index (χ0v) is 13.4. The number of amides is 1. The normalized spacial score (nSPS) is 16.6. The summed E-state index contributed by atoms with van der Waals surface area (Å²) in [5.74, 6) is 1.35. The summed E-state index contributed by atoms with van der Waals surface area (Å²) in [6.07, 6.45) is 3.41. The van der Waals surface area contributed by atoms with Crippen molar-refractivity contribution >= 4 is 40.3 Å². The van der Waals surface area contributed by atoms with Gasteiger partial charge in [-0.25, -0.2) is 0 Å². The third-order valence-corrected chi connectivity index (χ3v) is 4.54. The number of ether oxygens (including phenoxy) is 1. The average Bonchev–Trinajstić information content (AvgIpc) is 3.12. The first-order chi connectivity index (χ1) is 10.7. The third-order valence-electron chi connectivity index (χ3n) is 3.16. The van der Waals surface area contributed by atoms with Gasteiger partial charge in [-0.1, -0.05) is 36.1 Å². The number of rotatable bonds is 4. The summed E-state index contributed by atoms with van der Waals surface area (Å²) < 4.78 is 11.0. The standard InChI is InChI=1S/C16H13NO3S2/c1-19-12-5-2-4-11(8-12)9-14-15(18)17(16(21)22-14)10-13-6-3-7-20-13/h2-9H,10H2,1H3/b14-9-. The molecule has 0 saturated carbocycles. The number of nitrogens with zero attached hydrogens (tertiary/aromatic N) is 1. The van der Waals surface area contributed by atoms with Crippen LogP contribution in [-0.2, 0) is 11.3 Å². The lowest BCUT2D eigenvalue weighted by Gasteiger charge is -2.11. The molecule has 1 aliphatic rings. The van der Waals surface area contributed by atoms with Gasteiger partial charge in [0.1, 0.15) is 15.8 Å². The van der Waals surface area contributed by atoms with E-state index in [1.54, 1.807) is 24.3 Å². The molecule has 0 N–H and O–H groups in total. The molecule has 4 nitrogen and oxygen atoms in total. The maximum absolute atomic E-state index is 12.5. The van der Waals surface area contributed by atoms with E-state index in [2.05, 4.69) is 0 Å². The highest BCUT2D eigenvalue weighted by Gasteiger charge is 2.32. The van der Waals surface area contributed by atoms with Crippen LogP contribution in [0.5, 0.6) is 5.75 Å². The Labute approximate surface area is 137 Å². The number of hydrogen-bond acceptors (Lipinski definition) is 5. The Morgan fingerprint density at radius 2 is 2.23 bits per heavy atom. The number of carbonyl (C=O) groups is 1. The molecule has 0 bridgehead atoms. The Morgan fingerprint density at radius 3 is 2.95 bits per heavy atom. The Balaban J connectivity index is 1.82. The molecule has 1 fully saturated rings. The maximum Gasteiger partial charge on any atom is 0.266 e. The van der Waals surface area contributed by atoms with Crippen LogP contribution in [0.25, 0.3) is 6.08 Å². The molecule has 1 aromatic carbocycles. The van der Waals surface area contributed by atoms with Gasteiger partial charge in [-0.2, -0.15) is 0 Å². The van der Waals surface area contributed by atoms with Crippen LogP contribution < -0.4 is 4.74 Å². The Kier molecular flexibility index (Phi) is 4.31. The highest BCUT2D eigenvalue weighted by molar-refractivity contribution is 8.26. The number of carbonyl (C=O) groups excluding carboxylic acids is 1. The van der Waals surface area contributed by atoms with Gasteiger partial charge in [-0.15, -0.1) is 0 Å². The van der Waals surface area contributed by atoms with Crippen molar-refractivity contribution in [2.45, 2.75) is 6.54 Å². The van der Waals surface area contributed by atoms with Gasteiger partial charge in [0, 0.05) is 0 Å². The van der Waals surface area contributed by atoms with Crippen LogP contribution in [-0.4, -0.2) is 22.2 Å². The predicted molar refractivity (Wildman–Crippen MR) is 90.4 cm³/mol. The van der Waals surface area contributed by atoms with E-state index in [1.165, 1.54) is 11.8 Å². The van der Waals surface area contributed by atoms with Crippen LogP contribution in [0.1, 0.15) is 11.3 Å². The summed E-state index contributed by atoms with van der Waals surface area (Å²) in [6, 6.07) is 11.2. The van der Waals surface area contributed by atoms with E-state index in [9.17, 15) is 4.79 Å². The second kappa shape index (κ2) is 6.37. The fourth-order valence-corrected chi connectivity index (χ4v) is 3.33. The van der Waals surface area contributed by atoms with Crippen LogP contribution in [0.2, 0.25) is 0 Å². The highest BCUT2D eigenvalue weighted by Crippen LogP contribution is 2.34. The smallest absolute Gasteiger partial charge is 0.266 e. The monoisotopic (exact) mass is 331 g/mol. The van der Waals surface area contributed by atoms with Gasteiger partial charge in [0.25, 0.3) is 5.91 Å². The van der Waals surface area contributed by atoms with Gasteiger partial charge in [-0.3, -0.25) is 9.69 Å². The highest BCUT2D eigenvalue weighted by atomic mass is 32.2. The number of methoxy groups -OCH3 is 1. The van der Waals surface area contributed by atoms with Crippen molar-refractivity contribution < 1.29 is 13.9 Å². The first-order valence-electron chi connectivity index (χ1n) is 6.59. The van der Waals surface area contributed by atoms with Crippen molar-refractivity contribution in [3.8, 4) is 5.75 Å². The van der Waals surface area contributed by atoms with Crippen LogP contribution in [0.15, 0.2) is 52.0 Å². The zero-order chi connectivity index (χ0) is 15.5. The minimum Gasteiger partial charge on any atom is -0.497 e. The van der Waals surface area contributed by atoms with Crippen molar-refractivity contribution in [3.63, 3.8) is 0 Å². The molecule has 0 aliphatic carbocycles. The maximum atomic E-state index is 12.5. The number of benzene rings is 1. The third kappa shape index (κ3) is 3.08. The van der Waals surface area contributed by atoms with Gasteiger partial charge in [-0.05, 0) is 35.9 Å². The minimum absolute atomic E-state index is 0.103. The van der Waals surface area contributed by atoms with Crippen molar-refractivity contribution in [3.05, 3.63) is 58.9 Å². The largest absolute Gasteiger partial charge is 0.497 e. The molecule has 0 unspecified atom stereocenters. The van der Waals surface area contributed by atoms with E-state index in [-0.39, 0.29) is 5.91 Å². The van der Waals surface area contributed by atoms with Crippen molar-refractivity contribution in [2.75, 3.05) is 7.11 Å².